The number of para-hydroxylation sites is 1. The monoisotopic (exact) mass is 487 g/mol. The number of amides is 3. The summed E-state index contributed by atoms with van der Waals surface area (Å²) in [4.78, 5) is 38.7. The Labute approximate surface area is 209 Å². The molecule has 186 valence electrons. The Morgan fingerprint density at radius 3 is 2.42 bits per heavy atom. The van der Waals surface area contributed by atoms with E-state index in [2.05, 4.69) is 10.6 Å². The van der Waals surface area contributed by atoms with Gasteiger partial charge in [0.25, 0.3) is 0 Å². The third-order valence-corrected chi connectivity index (χ3v) is 6.38. The van der Waals surface area contributed by atoms with Gasteiger partial charge >= 0.3 is 12.0 Å². The summed E-state index contributed by atoms with van der Waals surface area (Å²) < 4.78 is 5.47. The molecule has 1 aliphatic heterocycles. The van der Waals surface area contributed by atoms with Crippen LogP contribution in [0.25, 0.3) is 0 Å². The molecule has 36 heavy (non-hydrogen) atoms. The fourth-order valence-electron chi connectivity index (χ4n) is 4.47. The summed E-state index contributed by atoms with van der Waals surface area (Å²) in [5.74, 6) is -0.525. The Bertz CT molecular complexity index is 1270. The highest BCUT2D eigenvalue weighted by Gasteiger charge is 2.30. The lowest BCUT2D eigenvalue weighted by molar-refractivity contribution is -0.131. The zero-order valence-electron chi connectivity index (χ0n) is 20.3. The van der Waals surface area contributed by atoms with Gasteiger partial charge in [0.2, 0.25) is 5.91 Å². The maximum atomic E-state index is 13.2. The van der Waals surface area contributed by atoms with E-state index in [1.807, 2.05) is 36.1 Å². The number of carboxylic acid groups (broad SMARTS) is 1. The van der Waals surface area contributed by atoms with Crippen LogP contribution < -0.4 is 15.4 Å². The molecular weight excluding hydrogens is 458 g/mol. The molecule has 1 heterocycles. The number of anilines is 2. The molecule has 0 radical (unpaired) electrons. The van der Waals surface area contributed by atoms with Crippen molar-refractivity contribution in [2.45, 2.75) is 32.2 Å². The van der Waals surface area contributed by atoms with Crippen molar-refractivity contribution in [3.8, 4) is 5.75 Å². The standard InChI is InChI=1S/C28H29N3O5/c1-18-6-3-4-7-22(18)29-28(35)30-23-14-9-19(16-25(23)36-2)17-26(32)31-15-5-8-24(31)20-10-12-21(13-11-20)27(33)34/h3-4,6-7,9-14,16,24H,5,8,15,17H2,1-2H3,(H,33,34)(H2,29,30,35). The number of carbonyl (C=O) groups excluding carboxylic acids is 2. The highest BCUT2D eigenvalue weighted by atomic mass is 16.5. The molecule has 1 aliphatic rings. The topological polar surface area (TPSA) is 108 Å². The van der Waals surface area contributed by atoms with Crippen molar-refractivity contribution in [1.29, 1.82) is 0 Å². The maximum absolute atomic E-state index is 13.2. The van der Waals surface area contributed by atoms with E-state index in [0.29, 0.717) is 23.7 Å². The Morgan fingerprint density at radius 1 is 1.00 bits per heavy atom. The first kappa shape index (κ1) is 24.8. The number of nitrogens with zero attached hydrogens (tertiary/aromatic N) is 1. The molecule has 0 spiro atoms. The Morgan fingerprint density at radius 2 is 1.72 bits per heavy atom. The normalized spacial score (nSPS) is 14.8. The largest absolute Gasteiger partial charge is 0.495 e. The van der Waals surface area contributed by atoms with Crippen LogP contribution in [0.5, 0.6) is 5.75 Å². The summed E-state index contributed by atoms with van der Waals surface area (Å²) in [6.07, 6.45) is 1.91. The van der Waals surface area contributed by atoms with Crippen LogP contribution in [-0.4, -0.2) is 41.6 Å². The summed E-state index contributed by atoms with van der Waals surface area (Å²) >= 11 is 0. The predicted octanol–water partition coefficient (Wildman–Crippen LogP) is 5.25. The molecule has 3 N–H and O–H groups in total. The predicted molar refractivity (Wildman–Crippen MR) is 138 cm³/mol. The lowest BCUT2D eigenvalue weighted by Gasteiger charge is -2.25. The summed E-state index contributed by atoms with van der Waals surface area (Å²) in [6, 6.07) is 19.0. The van der Waals surface area contributed by atoms with E-state index in [4.69, 9.17) is 9.84 Å². The van der Waals surface area contributed by atoms with Gasteiger partial charge in [-0.2, -0.15) is 0 Å². The third-order valence-electron chi connectivity index (χ3n) is 6.38. The number of rotatable bonds is 7. The van der Waals surface area contributed by atoms with E-state index >= 15 is 0 Å². The molecule has 0 saturated carbocycles. The van der Waals surface area contributed by atoms with E-state index in [0.717, 1.165) is 29.5 Å². The molecule has 8 heteroatoms. The first-order valence-corrected chi connectivity index (χ1v) is 11.8. The molecule has 3 aromatic carbocycles. The van der Waals surface area contributed by atoms with Gasteiger partial charge < -0.3 is 25.4 Å². The van der Waals surface area contributed by atoms with E-state index in [1.165, 1.54) is 7.11 Å². The molecule has 8 nitrogen and oxygen atoms in total. The summed E-state index contributed by atoms with van der Waals surface area (Å²) in [6.45, 7) is 2.57. The minimum absolute atomic E-state index is 0.0140. The zero-order valence-corrected chi connectivity index (χ0v) is 20.3. The number of likely N-dealkylation sites (tertiary alicyclic amines) is 1. The number of hydrogen-bond acceptors (Lipinski definition) is 4. The number of aromatic carboxylic acids is 1. The van der Waals surface area contributed by atoms with Crippen molar-refractivity contribution in [3.63, 3.8) is 0 Å². The molecule has 1 fully saturated rings. The van der Waals surface area contributed by atoms with Gasteiger partial charge in [-0.05, 0) is 66.8 Å². The maximum Gasteiger partial charge on any atom is 0.335 e. The molecule has 3 aromatic rings. The van der Waals surface area contributed by atoms with Gasteiger partial charge in [0.1, 0.15) is 5.75 Å². The molecule has 3 amide bonds. The number of carboxylic acids is 1. The molecule has 1 atom stereocenters. The Hall–Kier alpha value is -4.33. The third kappa shape index (κ3) is 5.66. The minimum atomic E-state index is -0.972. The van der Waals surface area contributed by atoms with Crippen LogP contribution >= 0.6 is 0 Å². The smallest absolute Gasteiger partial charge is 0.335 e. The first-order valence-electron chi connectivity index (χ1n) is 11.8. The van der Waals surface area contributed by atoms with Crippen molar-refractivity contribution < 1.29 is 24.2 Å². The quantitative estimate of drug-likeness (QED) is 0.422. The van der Waals surface area contributed by atoms with Crippen LogP contribution in [0.15, 0.2) is 66.7 Å². The van der Waals surface area contributed by atoms with Gasteiger partial charge in [0, 0.05) is 12.2 Å². The van der Waals surface area contributed by atoms with Gasteiger partial charge in [-0.25, -0.2) is 9.59 Å². The number of benzene rings is 3. The van der Waals surface area contributed by atoms with Crippen molar-refractivity contribution in [2.75, 3.05) is 24.3 Å². The molecule has 0 aromatic heterocycles. The number of hydrogen-bond donors (Lipinski definition) is 3. The van der Waals surface area contributed by atoms with Gasteiger partial charge in [-0.3, -0.25) is 4.79 Å². The van der Waals surface area contributed by atoms with E-state index in [-0.39, 0.29) is 30.0 Å². The van der Waals surface area contributed by atoms with Gasteiger partial charge in [0.15, 0.2) is 0 Å². The number of ether oxygens (including phenoxy) is 1. The van der Waals surface area contributed by atoms with Crippen LogP contribution in [0.4, 0.5) is 16.2 Å². The average molecular weight is 488 g/mol. The second-order valence-electron chi connectivity index (χ2n) is 8.78. The SMILES string of the molecule is COc1cc(CC(=O)N2CCCC2c2ccc(C(=O)O)cc2)ccc1NC(=O)Nc1ccccc1C. The number of methoxy groups -OCH3 is 1. The Kier molecular flexibility index (Phi) is 7.53. The van der Waals surface area contributed by atoms with Crippen LogP contribution in [0.2, 0.25) is 0 Å². The van der Waals surface area contributed by atoms with E-state index < -0.39 is 5.97 Å². The number of aryl methyl sites for hydroxylation is 1. The lowest BCUT2D eigenvalue weighted by atomic mass is 10.0. The summed E-state index contributed by atoms with van der Waals surface area (Å²) in [5.41, 5.74) is 4.09. The molecule has 1 unspecified atom stereocenters. The second-order valence-corrected chi connectivity index (χ2v) is 8.78. The molecule has 4 rings (SSSR count). The number of urea groups is 1. The van der Waals surface area contributed by atoms with Crippen molar-refractivity contribution in [1.82, 2.24) is 4.90 Å². The molecular formula is C28H29N3O5. The Balaban J connectivity index is 1.42. The average Bonchev–Trinajstić information content (AvgIpc) is 3.36. The van der Waals surface area contributed by atoms with E-state index in [1.54, 1.807) is 42.5 Å². The summed E-state index contributed by atoms with van der Waals surface area (Å²) in [7, 11) is 1.52. The van der Waals surface area contributed by atoms with E-state index in [9.17, 15) is 14.4 Å². The van der Waals surface area contributed by atoms with Crippen molar-refractivity contribution >= 4 is 29.3 Å². The summed E-state index contributed by atoms with van der Waals surface area (Å²) in [5, 5.41) is 14.8. The van der Waals surface area contributed by atoms with Crippen LogP contribution in [0.3, 0.4) is 0 Å². The van der Waals surface area contributed by atoms with Crippen LogP contribution in [0, 0.1) is 6.92 Å². The second kappa shape index (κ2) is 10.9. The zero-order chi connectivity index (χ0) is 25.7. The van der Waals surface area contributed by atoms with Crippen LogP contribution in [-0.2, 0) is 11.2 Å². The fourth-order valence-corrected chi connectivity index (χ4v) is 4.47. The number of carbonyl (C=O) groups is 3. The highest BCUT2D eigenvalue weighted by Crippen LogP contribution is 2.33. The highest BCUT2D eigenvalue weighted by molar-refractivity contribution is 6.01. The van der Waals surface area contributed by atoms with Crippen LogP contribution in [0.1, 0.15) is 45.9 Å². The molecule has 1 saturated heterocycles. The van der Waals surface area contributed by atoms with Crippen molar-refractivity contribution in [3.05, 3.63) is 89.0 Å². The first-order chi connectivity index (χ1) is 17.4. The van der Waals surface area contributed by atoms with Crippen molar-refractivity contribution in [2.24, 2.45) is 0 Å². The minimum Gasteiger partial charge on any atom is -0.495 e. The molecule has 0 aliphatic carbocycles. The lowest BCUT2D eigenvalue weighted by Crippen LogP contribution is -2.31. The van der Waals surface area contributed by atoms with Gasteiger partial charge in [-0.1, -0.05) is 36.4 Å². The molecule has 0 bridgehead atoms. The van der Waals surface area contributed by atoms with Gasteiger partial charge in [-0.15, -0.1) is 0 Å². The fraction of sp³-hybridized carbons (Fsp3) is 0.250. The number of nitrogens with one attached hydrogen (secondary N) is 2. The van der Waals surface area contributed by atoms with Gasteiger partial charge in [0.05, 0.1) is 30.8 Å².